The molecule has 0 saturated heterocycles. The number of aliphatic hydroxyl groups excluding tert-OH is 1. The summed E-state index contributed by atoms with van der Waals surface area (Å²) in [7, 11) is 0. The number of carbonyl (C=O) groups excluding carboxylic acids is 2. The zero-order chi connectivity index (χ0) is 14.8. The third-order valence-corrected chi connectivity index (χ3v) is 3.41. The number of ether oxygens (including phenoxy) is 1. The van der Waals surface area contributed by atoms with E-state index in [1.54, 1.807) is 18.7 Å². The molecule has 112 valence electrons. The van der Waals surface area contributed by atoms with Crippen molar-refractivity contribution in [2.75, 3.05) is 18.1 Å². The number of rotatable bonds is 9. The number of esters is 1. The molecule has 0 aromatic rings. The monoisotopic (exact) mass is 292 g/mol. The Morgan fingerprint density at radius 2 is 2.05 bits per heavy atom. The van der Waals surface area contributed by atoms with Crippen LogP contribution in [0.4, 0.5) is 0 Å². The van der Waals surface area contributed by atoms with Gasteiger partial charge in [0.1, 0.15) is 12.1 Å². The molecule has 0 aliphatic carbocycles. The Bertz CT molecular complexity index is 289. The summed E-state index contributed by atoms with van der Waals surface area (Å²) in [6.07, 6.45) is -0.768. The minimum absolute atomic E-state index is 0.245. The Morgan fingerprint density at radius 3 is 2.58 bits per heavy atom. The lowest BCUT2D eigenvalue weighted by Crippen LogP contribution is -2.50. The number of hydrogen-bond acceptors (Lipinski definition) is 6. The number of amides is 1. The van der Waals surface area contributed by atoms with Crippen LogP contribution in [0.1, 0.15) is 27.2 Å². The van der Waals surface area contributed by atoms with Gasteiger partial charge in [-0.25, -0.2) is 4.79 Å². The summed E-state index contributed by atoms with van der Waals surface area (Å²) in [5, 5.41) is 12.1. The quantitative estimate of drug-likeness (QED) is 0.405. The molecule has 0 aliphatic rings. The summed E-state index contributed by atoms with van der Waals surface area (Å²) in [6.45, 7) is 5.46. The molecule has 0 saturated carbocycles. The molecular weight excluding hydrogens is 268 g/mol. The molecular formula is C12H24N2O4S. The van der Waals surface area contributed by atoms with Gasteiger partial charge >= 0.3 is 5.97 Å². The van der Waals surface area contributed by atoms with Gasteiger partial charge in [-0.15, -0.1) is 0 Å². The van der Waals surface area contributed by atoms with Gasteiger partial charge in [-0.3, -0.25) is 4.79 Å². The van der Waals surface area contributed by atoms with Crippen molar-refractivity contribution in [3.05, 3.63) is 0 Å². The summed E-state index contributed by atoms with van der Waals surface area (Å²) < 4.78 is 4.75. The molecule has 0 spiro atoms. The molecule has 4 N–H and O–H groups in total. The van der Waals surface area contributed by atoms with E-state index >= 15 is 0 Å². The molecule has 0 bridgehead atoms. The van der Waals surface area contributed by atoms with Gasteiger partial charge in [-0.05, 0) is 31.8 Å². The summed E-state index contributed by atoms with van der Waals surface area (Å²) >= 11 is 1.69. The summed E-state index contributed by atoms with van der Waals surface area (Å²) in [5.41, 5.74) is 5.73. The second kappa shape index (κ2) is 10.1. The molecule has 7 heteroatoms. The van der Waals surface area contributed by atoms with E-state index in [0.717, 1.165) is 11.5 Å². The maximum atomic E-state index is 11.7. The highest BCUT2D eigenvalue weighted by Gasteiger charge is 2.26. The Balaban J connectivity index is 4.14. The minimum atomic E-state index is -1.31. The average molecular weight is 292 g/mol. The van der Waals surface area contributed by atoms with Crippen LogP contribution in [-0.2, 0) is 14.3 Å². The molecule has 0 rings (SSSR count). The van der Waals surface area contributed by atoms with Crippen LogP contribution in [0.2, 0.25) is 0 Å². The van der Waals surface area contributed by atoms with E-state index in [-0.39, 0.29) is 6.61 Å². The van der Waals surface area contributed by atoms with Gasteiger partial charge in [0.2, 0.25) is 0 Å². The maximum Gasteiger partial charge on any atom is 0.328 e. The van der Waals surface area contributed by atoms with Crippen LogP contribution in [0.3, 0.4) is 0 Å². The molecule has 3 atom stereocenters. The van der Waals surface area contributed by atoms with Crippen LogP contribution >= 0.6 is 11.8 Å². The fraction of sp³-hybridized carbons (Fsp3) is 0.833. The predicted octanol–water partition coefficient (Wildman–Crippen LogP) is -0.114. The first-order valence-electron chi connectivity index (χ1n) is 6.42. The lowest BCUT2D eigenvalue weighted by atomic mass is 10.1. The Kier molecular flexibility index (Phi) is 9.63. The van der Waals surface area contributed by atoms with E-state index in [9.17, 15) is 14.7 Å². The van der Waals surface area contributed by atoms with Gasteiger partial charge in [0.05, 0.1) is 6.61 Å². The average Bonchev–Trinajstić information content (AvgIpc) is 2.38. The molecule has 19 heavy (non-hydrogen) atoms. The maximum absolute atomic E-state index is 11.7. The Labute approximate surface area is 118 Å². The number of thioether (sulfide) groups is 1. The topological polar surface area (TPSA) is 102 Å². The van der Waals surface area contributed by atoms with Crippen molar-refractivity contribution in [3.8, 4) is 0 Å². The molecule has 1 amide bonds. The molecule has 0 aliphatic heterocycles. The van der Waals surface area contributed by atoms with Crippen LogP contribution in [0.25, 0.3) is 0 Å². The van der Waals surface area contributed by atoms with Crippen LogP contribution in [0, 0.1) is 0 Å². The van der Waals surface area contributed by atoms with Crippen molar-refractivity contribution in [2.24, 2.45) is 5.73 Å². The Morgan fingerprint density at radius 1 is 1.42 bits per heavy atom. The summed E-state index contributed by atoms with van der Waals surface area (Å²) in [4.78, 5) is 23.0. The highest BCUT2D eigenvalue weighted by Crippen LogP contribution is 2.06. The second-order valence-corrected chi connectivity index (χ2v) is 5.47. The number of nitrogens with one attached hydrogen (secondary N) is 1. The molecule has 0 fully saturated rings. The van der Waals surface area contributed by atoms with Gasteiger partial charge in [-0.2, -0.15) is 11.8 Å². The van der Waals surface area contributed by atoms with Gasteiger partial charge < -0.3 is 20.9 Å². The van der Waals surface area contributed by atoms with Crippen molar-refractivity contribution >= 4 is 23.6 Å². The lowest BCUT2D eigenvalue weighted by molar-refractivity contribution is -0.148. The van der Waals surface area contributed by atoms with E-state index in [2.05, 4.69) is 5.32 Å². The van der Waals surface area contributed by atoms with Crippen molar-refractivity contribution in [1.82, 2.24) is 5.32 Å². The van der Waals surface area contributed by atoms with Gasteiger partial charge in [0, 0.05) is 6.04 Å². The third-order valence-electron chi connectivity index (χ3n) is 2.47. The van der Waals surface area contributed by atoms with Crippen molar-refractivity contribution in [1.29, 1.82) is 0 Å². The normalized spacial score (nSPS) is 15.4. The zero-order valence-corrected chi connectivity index (χ0v) is 12.5. The van der Waals surface area contributed by atoms with E-state index in [4.69, 9.17) is 10.5 Å². The molecule has 1 unspecified atom stereocenters. The SMILES string of the molecule is CCOC(=O)[C@H](C)NC(=O)C(O)[C@H](N)CCSCC. The third kappa shape index (κ3) is 7.39. The van der Waals surface area contributed by atoms with Crippen LogP contribution in [0.15, 0.2) is 0 Å². The van der Waals surface area contributed by atoms with Crippen LogP contribution < -0.4 is 11.1 Å². The first-order chi connectivity index (χ1) is 8.93. The van der Waals surface area contributed by atoms with Crippen LogP contribution in [-0.4, -0.2) is 53.3 Å². The highest BCUT2D eigenvalue weighted by molar-refractivity contribution is 7.99. The van der Waals surface area contributed by atoms with Gasteiger partial charge in [0.25, 0.3) is 5.91 Å². The zero-order valence-electron chi connectivity index (χ0n) is 11.7. The second-order valence-electron chi connectivity index (χ2n) is 4.08. The van der Waals surface area contributed by atoms with E-state index < -0.39 is 30.1 Å². The van der Waals surface area contributed by atoms with Crippen molar-refractivity contribution < 1.29 is 19.4 Å². The standard InChI is InChI=1S/C12H24N2O4S/c1-4-18-12(17)8(3)14-11(16)10(15)9(13)6-7-19-5-2/h8-10,15H,4-7,13H2,1-3H3,(H,14,16)/t8-,9+,10?/m0/s1. The predicted molar refractivity (Wildman–Crippen MR) is 75.8 cm³/mol. The van der Waals surface area contributed by atoms with Gasteiger partial charge in [-0.1, -0.05) is 6.92 Å². The highest BCUT2D eigenvalue weighted by atomic mass is 32.2. The van der Waals surface area contributed by atoms with Crippen LogP contribution in [0.5, 0.6) is 0 Å². The molecule has 0 aromatic carbocycles. The molecule has 0 radical (unpaired) electrons. The summed E-state index contributed by atoms with van der Waals surface area (Å²) in [6, 6.07) is -1.42. The lowest BCUT2D eigenvalue weighted by Gasteiger charge is -2.20. The first-order valence-corrected chi connectivity index (χ1v) is 7.57. The fourth-order valence-corrected chi connectivity index (χ4v) is 2.07. The molecule has 0 heterocycles. The van der Waals surface area contributed by atoms with E-state index in [0.29, 0.717) is 6.42 Å². The van der Waals surface area contributed by atoms with E-state index in [1.807, 2.05) is 6.92 Å². The first kappa shape index (κ1) is 18.2. The molecule has 6 nitrogen and oxygen atoms in total. The van der Waals surface area contributed by atoms with Crippen molar-refractivity contribution in [2.45, 2.75) is 45.4 Å². The largest absolute Gasteiger partial charge is 0.464 e. The van der Waals surface area contributed by atoms with Gasteiger partial charge in [0.15, 0.2) is 0 Å². The molecule has 0 aromatic heterocycles. The number of hydrogen-bond donors (Lipinski definition) is 3. The smallest absolute Gasteiger partial charge is 0.328 e. The Hall–Kier alpha value is -0.790. The fourth-order valence-electron chi connectivity index (χ4n) is 1.34. The minimum Gasteiger partial charge on any atom is -0.464 e. The number of carbonyl (C=O) groups is 2. The summed E-state index contributed by atoms with van der Waals surface area (Å²) in [5.74, 6) is 0.581. The van der Waals surface area contributed by atoms with E-state index in [1.165, 1.54) is 6.92 Å². The van der Waals surface area contributed by atoms with Crippen molar-refractivity contribution in [3.63, 3.8) is 0 Å². The number of nitrogens with two attached hydrogens (primary N) is 1. The number of aliphatic hydroxyl groups is 1.